The van der Waals surface area contributed by atoms with Crippen molar-refractivity contribution >= 4 is 17.2 Å². The molecule has 0 aromatic heterocycles. The Morgan fingerprint density at radius 2 is 1.73 bits per heavy atom. The highest BCUT2D eigenvalue weighted by Crippen LogP contribution is 2.41. The summed E-state index contributed by atoms with van der Waals surface area (Å²) in [6.45, 7) is 3.89. The van der Waals surface area contributed by atoms with Crippen LogP contribution in [0.4, 0.5) is 0 Å². The molecule has 2 aliphatic rings. The predicted octanol–water partition coefficient (Wildman–Crippen LogP) is 6.91. The minimum atomic E-state index is 0.828. The molecule has 1 fully saturated rings. The van der Waals surface area contributed by atoms with Crippen LogP contribution >= 0.6 is 11.6 Å². The molecule has 1 unspecified atom stereocenters. The van der Waals surface area contributed by atoms with E-state index in [0.717, 1.165) is 22.8 Å². The van der Waals surface area contributed by atoms with Gasteiger partial charge in [0.05, 0.1) is 0 Å². The normalized spacial score (nSPS) is 29.0. The highest BCUT2D eigenvalue weighted by molar-refractivity contribution is 6.30. The molecule has 0 heterocycles. The van der Waals surface area contributed by atoms with Crippen molar-refractivity contribution in [2.24, 2.45) is 17.8 Å². The Hall–Kier alpha value is -1.01. The maximum absolute atomic E-state index is 5.98. The van der Waals surface area contributed by atoms with Gasteiger partial charge in [0.1, 0.15) is 0 Å². The summed E-state index contributed by atoms with van der Waals surface area (Å²) in [4.78, 5) is 0. The van der Waals surface area contributed by atoms with Crippen LogP contribution < -0.4 is 0 Å². The maximum Gasteiger partial charge on any atom is 0.0406 e. The van der Waals surface area contributed by atoms with E-state index in [1.54, 1.807) is 0 Å². The summed E-state index contributed by atoms with van der Waals surface area (Å²) in [5, 5.41) is 0.828. The van der Waals surface area contributed by atoms with Gasteiger partial charge in [-0.05, 0) is 92.4 Å². The second-order valence-electron chi connectivity index (χ2n) is 7.08. The largest absolute Gasteiger partial charge is 0.103 e. The van der Waals surface area contributed by atoms with Gasteiger partial charge in [0.2, 0.25) is 0 Å². The first kappa shape index (κ1) is 15.9. The van der Waals surface area contributed by atoms with E-state index < -0.39 is 0 Å². The lowest BCUT2D eigenvalue weighted by Crippen LogP contribution is -2.23. The molecule has 1 aromatic carbocycles. The first-order valence-corrected chi connectivity index (χ1v) is 9.20. The molecular formula is C21H27Cl. The zero-order chi connectivity index (χ0) is 15.4. The van der Waals surface area contributed by atoms with E-state index in [0.29, 0.717) is 0 Å². The van der Waals surface area contributed by atoms with E-state index in [-0.39, 0.29) is 0 Å². The lowest BCUT2D eigenvalue weighted by atomic mass is 9.70. The van der Waals surface area contributed by atoms with Gasteiger partial charge in [-0.25, -0.2) is 0 Å². The summed E-state index contributed by atoms with van der Waals surface area (Å²) in [5.41, 5.74) is 2.88. The monoisotopic (exact) mass is 314 g/mol. The smallest absolute Gasteiger partial charge is 0.0406 e. The van der Waals surface area contributed by atoms with Crippen molar-refractivity contribution in [3.05, 3.63) is 53.6 Å². The van der Waals surface area contributed by atoms with Gasteiger partial charge in [-0.15, -0.1) is 6.58 Å². The number of allylic oxidation sites excluding steroid dienone is 3. The molecule has 0 N–H and O–H groups in total. The Labute approximate surface area is 140 Å². The van der Waals surface area contributed by atoms with Crippen LogP contribution in [0.25, 0.3) is 5.57 Å². The molecule has 0 spiro atoms. The van der Waals surface area contributed by atoms with Crippen molar-refractivity contribution in [3.63, 3.8) is 0 Å². The van der Waals surface area contributed by atoms with Gasteiger partial charge < -0.3 is 0 Å². The molecule has 1 heteroatoms. The third kappa shape index (κ3) is 3.84. The average molecular weight is 315 g/mol. The summed E-state index contributed by atoms with van der Waals surface area (Å²) in [5.74, 6) is 2.79. The molecule has 0 radical (unpaired) electrons. The van der Waals surface area contributed by atoms with Gasteiger partial charge >= 0.3 is 0 Å². The third-order valence-electron chi connectivity index (χ3n) is 5.72. The topological polar surface area (TPSA) is 0 Å². The standard InChI is InChI=1S/C21H27Cl/c1-2-3-16-4-6-17(7-5-16)18-8-10-19(11-9-18)20-12-14-21(22)15-13-20/h2,10,12-18H,1,3-9,11H2. The summed E-state index contributed by atoms with van der Waals surface area (Å²) >= 11 is 5.98. The lowest BCUT2D eigenvalue weighted by molar-refractivity contribution is 0.196. The molecule has 0 bridgehead atoms. The summed E-state index contributed by atoms with van der Waals surface area (Å²) in [7, 11) is 0. The molecule has 0 amide bonds. The third-order valence-corrected chi connectivity index (χ3v) is 5.98. The average Bonchev–Trinajstić information content (AvgIpc) is 2.57. The van der Waals surface area contributed by atoms with Crippen LogP contribution in [0.3, 0.4) is 0 Å². The molecule has 1 saturated carbocycles. The fourth-order valence-electron chi connectivity index (χ4n) is 4.34. The number of benzene rings is 1. The Bertz CT molecular complexity index is 517. The van der Waals surface area contributed by atoms with Crippen molar-refractivity contribution < 1.29 is 0 Å². The van der Waals surface area contributed by atoms with E-state index in [2.05, 4.69) is 30.9 Å². The molecule has 0 saturated heterocycles. The molecule has 1 atom stereocenters. The Morgan fingerprint density at radius 1 is 1.00 bits per heavy atom. The van der Waals surface area contributed by atoms with Gasteiger partial charge in [-0.2, -0.15) is 0 Å². The van der Waals surface area contributed by atoms with Crippen LogP contribution in [0.5, 0.6) is 0 Å². The van der Waals surface area contributed by atoms with E-state index in [1.807, 2.05) is 12.1 Å². The molecule has 22 heavy (non-hydrogen) atoms. The Morgan fingerprint density at radius 3 is 2.32 bits per heavy atom. The van der Waals surface area contributed by atoms with Crippen LogP contribution in [0.15, 0.2) is 43.0 Å². The van der Waals surface area contributed by atoms with E-state index in [4.69, 9.17) is 11.6 Å². The second kappa shape index (κ2) is 7.51. The quantitative estimate of drug-likeness (QED) is 0.530. The summed E-state index contributed by atoms with van der Waals surface area (Å²) < 4.78 is 0. The molecule has 2 aliphatic carbocycles. The van der Waals surface area contributed by atoms with Crippen molar-refractivity contribution in [2.45, 2.75) is 51.4 Å². The molecule has 0 nitrogen and oxygen atoms in total. The minimum absolute atomic E-state index is 0.828. The lowest BCUT2D eigenvalue weighted by Gasteiger charge is -2.35. The Balaban J connectivity index is 1.55. The van der Waals surface area contributed by atoms with Crippen LogP contribution in [-0.4, -0.2) is 0 Å². The fraction of sp³-hybridized carbons (Fsp3) is 0.524. The highest BCUT2D eigenvalue weighted by Gasteiger charge is 2.28. The zero-order valence-corrected chi connectivity index (χ0v) is 14.2. The van der Waals surface area contributed by atoms with E-state index in [9.17, 15) is 0 Å². The second-order valence-corrected chi connectivity index (χ2v) is 7.51. The molecular weight excluding hydrogens is 288 g/mol. The van der Waals surface area contributed by atoms with Crippen molar-refractivity contribution in [1.82, 2.24) is 0 Å². The first-order valence-electron chi connectivity index (χ1n) is 8.82. The number of rotatable bonds is 4. The highest BCUT2D eigenvalue weighted by atomic mass is 35.5. The molecule has 118 valence electrons. The molecule has 3 rings (SSSR count). The van der Waals surface area contributed by atoms with Crippen LogP contribution in [0.1, 0.15) is 56.9 Å². The van der Waals surface area contributed by atoms with Gasteiger partial charge in [-0.1, -0.05) is 35.9 Å². The fourth-order valence-corrected chi connectivity index (χ4v) is 4.47. The maximum atomic E-state index is 5.98. The SMILES string of the molecule is C=CCC1CCC(C2CC=C(c3ccc(Cl)cc3)CC2)CC1. The first-order chi connectivity index (χ1) is 10.8. The van der Waals surface area contributed by atoms with E-state index in [1.165, 1.54) is 62.5 Å². The predicted molar refractivity (Wildman–Crippen MR) is 97.0 cm³/mol. The van der Waals surface area contributed by atoms with Crippen LogP contribution in [0.2, 0.25) is 5.02 Å². The van der Waals surface area contributed by atoms with Crippen LogP contribution in [0, 0.1) is 17.8 Å². The van der Waals surface area contributed by atoms with Gasteiger partial charge in [0.15, 0.2) is 0 Å². The molecule has 0 aliphatic heterocycles. The van der Waals surface area contributed by atoms with Crippen LogP contribution in [-0.2, 0) is 0 Å². The summed E-state index contributed by atoms with van der Waals surface area (Å²) in [6.07, 6.45) is 15.4. The number of hydrogen-bond donors (Lipinski definition) is 0. The van der Waals surface area contributed by atoms with Gasteiger partial charge in [-0.3, -0.25) is 0 Å². The molecule has 1 aromatic rings. The number of halogens is 1. The Kier molecular flexibility index (Phi) is 5.41. The zero-order valence-electron chi connectivity index (χ0n) is 13.4. The summed E-state index contributed by atoms with van der Waals surface area (Å²) in [6, 6.07) is 8.33. The number of hydrogen-bond acceptors (Lipinski definition) is 0. The van der Waals surface area contributed by atoms with Crippen molar-refractivity contribution in [3.8, 4) is 0 Å². The van der Waals surface area contributed by atoms with Crippen molar-refractivity contribution in [2.75, 3.05) is 0 Å². The minimum Gasteiger partial charge on any atom is -0.103 e. The van der Waals surface area contributed by atoms with Gasteiger partial charge in [0, 0.05) is 5.02 Å². The van der Waals surface area contributed by atoms with E-state index >= 15 is 0 Å². The van der Waals surface area contributed by atoms with Gasteiger partial charge in [0.25, 0.3) is 0 Å². The van der Waals surface area contributed by atoms with Crippen molar-refractivity contribution in [1.29, 1.82) is 0 Å².